The normalized spacial score (nSPS) is 18.7. The molecule has 3 aromatic rings. The number of nitrogens with one attached hydrogen (secondary N) is 2. The Balaban J connectivity index is 1.63. The van der Waals surface area contributed by atoms with E-state index >= 15 is 0 Å². The average molecular weight is 314 g/mol. The molecule has 2 N–H and O–H groups in total. The van der Waals surface area contributed by atoms with E-state index in [1.165, 1.54) is 5.56 Å². The lowest BCUT2D eigenvalue weighted by Crippen LogP contribution is -2.33. The number of aromatic nitrogens is 2. The number of rotatable bonds is 2. The number of morpholine rings is 1. The highest BCUT2D eigenvalue weighted by Gasteiger charge is 2.15. The minimum atomic E-state index is 0.136. The Kier molecular flexibility index (Phi) is 3.58. The molecule has 2 heterocycles. The Hall–Kier alpha value is -1.88. The van der Waals surface area contributed by atoms with Gasteiger partial charge in [0, 0.05) is 23.7 Å². The molecule has 112 valence electrons. The number of hydrogen-bond acceptors (Lipinski definition) is 3. The van der Waals surface area contributed by atoms with E-state index < -0.39 is 0 Å². The molecular weight excluding hydrogens is 298 g/mol. The van der Waals surface area contributed by atoms with E-state index in [-0.39, 0.29) is 6.10 Å². The summed E-state index contributed by atoms with van der Waals surface area (Å²) >= 11 is 6.01. The van der Waals surface area contributed by atoms with E-state index in [1.807, 2.05) is 18.2 Å². The number of hydrogen-bond donors (Lipinski definition) is 2. The first kappa shape index (κ1) is 13.8. The first-order valence-electron chi connectivity index (χ1n) is 7.37. The molecular formula is C17H16ClN3O. The lowest BCUT2D eigenvalue weighted by atomic mass is 10.1. The van der Waals surface area contributed by atoms with Crippen LogP contribution in [0.4, 0.5) is 0 Å². The molecule has 1 fully saturated rings. The lowest BCUT2D eigenvalue weighted by molar-refractivity contribution is 0.0277. The highest BCUT2D eigenvalue weighted by molar-refractivity contribution is 6.31. The van der Waals surface area contributed by atoms with Gasteiger partial charge in [0.15, 0.2) is 0 Å². The summed E-state index contributed by atoms with van der Waals surface area (Å²) in [4.78, 5) is 7.92. The molecule has 0 aliphatic carbocycles. The summed E-state index contributed by atoms with van der Waals surface area (Å²) in [6.07, 6.45) is 0.136. The summed E-state index contributed by atoms with van der Waals surface area (Å²) in [5.74, 6) is 0.853. The predicted octanol–water partition coefficient (Wildman–Crippen LogP) is 3.54. The van der Waals surface area contributed by atoms with Crippen molar-refractivity contribution in [3.63, 3.8) is 0 Å². The van der Waals surface area contributed by atoms with Gasteiger partial charge >= 0.3 is 0 Å². The summed E-state index contributed by atoms with van der Waals surface area (Å²) in [5.41, 5.74) is 4.12. The summed E-state index contributed by atoms with van der Waals surface area (Å²) in [6.45, 7) is 2.55. The van der Waals surface area contributed by atoms with Crippen LogP contribution in [0.3, 0.4) is 0 Å². The molecule has 2 aromatic carbocycles. The maximum absolute atomic E-state index is 6.01. The van der Waals surface area contributed by atoms with Crippen LogP contribution >= 0.6 is 11.6 Å². The Morgan fingerprint density at radius 3 is 2.77 bits per heavy atom. The molecule has 1 aliphatic heterocycles. The van der Waals surface area contributed by atoms with Crippen LogP contribution in [0.15, 0.2) is 42.5 Å². The van der Waals surface area contributed by atoms with Gasteiger partial charge in [-0.25, -0.2) is 4.98 Å². The SMILES string of the molecule is Clc1ccc2nc(-c3ccc(C4CNCCO4)cc3)[nH]c2c1. The number of benzene rings is 2. The molecule has 1 unspecified atom stereocenters. The van der Waals surface area contributed by atoms with Crippen LogP contribution < -0.4 is 5.32 Å². The van der Waals surface area contributed by atoms with Gasteiger partial charge in [-0.15, -0.1) is 0 Å². The van der Waals surface area contributed by atoms with E-state index in [0.29, 0.717) is 5.02 Å². The lowest BCUT2D eigenvalue weighted by Gasteiger charge is -2.24. The maximum Gasteiger partial charge on any atom is 0.138 e. The molecule has 1 saturated heterocycles. The molecule has 22 heavy (non-hydrogen) atoms. The van der Waals surface area contributed by atoms with Crippen LogP contribution in [-0.4, -0.2) is 29.7 Å². The van der Waals surface area contributed by atoms with Gasteiger partial charge < -0.3 is 15.0 Å². The van der Waals surface area contributed by atoms with Crippen LogP contribution in [0.2, 0.25) is 5.02 Å². The highest BCUT2D eigenvalue weighted by Crippen LogP contribution is 2.25. The number of ether oxygens (including phenoxy) is 1. The minimum Gasteiger partial charge on any atom is -0.371 e. The molecule has 0 saturated carbocycles. The van der Waals surface area contributed by atoms with Crippen molar-refractivity contribution in [1.29, 1.82) is 0 Å². The number of aromatic amines is 1. The molecule has 0 radical (unpaired) electrons. The average Bonchev–Trinajstić information content (AvgIpc) is 2.99. The van der Waals surface area contributed by atoms with Gasteiger partial charge in [0.1, 0.15) is 5.82 Å². The van der Waals surface area contributed by atoms with Crippen molar-refractivity contribution in [1.82, 2.24) is 15.3 Å². The Morgan fingerprint density at radius 1 is 1.14 bits per heavy atom. The van der Waals surface area contributed by atoms with Gasteiger partial charge in [0.25, 0.3) is 0 Å². The second-order valence-electron chi connectivity index (χ2n) is 5.43. The van der Waals surface area contributed by atoms with Crippen molar-refractivity contribution >= 4 is 22.6 Å². The first-order chi connectivity index (χ1) is 10.8. The number of imidazole rings is 1. The van der Waals surface area contributed by atoms with Gasteiger partial charge in [-0.3, -0.25) is 0 Å². The van der Waals surface area contributed by atoms with Crippen molar-refractivity contribution in [2.45, 2.75) is 6.10 Å². The fourth-order valence-corrected chi connectivity index (χ4v) is 2.93. The van der Waals surface area contributed by atoms with Crippen LogP contribution in [0, 0.1) is 0 Å². The van der Waals surface area contributed by atoms with E-state index in [2.05, 4.69) is 39.6 Å². The first-order valence-corrected chi connectivity index (χ1v) is 7.75. The smallest absolute Gasteiger partial charge is 0.138 e. The second-order valence-corrected chi connectivity index (χ2v) is 5.87. The fraction of sp³-hybridized carbons (Fsp3) is 0.235. The van der Waals surface area contributed by atoms with Gasteiger partial charge in [0.05, 0.1) is 23.7 Å². The molecule has 1 aromatic heterocycles. The Labute approximate surface area is 133 Å². The molecule has 1 atom stereocenters. The maximum atomic E-state index is 6.01. The monoisotopic (exact) mass is 313 g/mol. The van der Waals surface area contributed by atoms with E-state index in [1.54, 1.807) is 0 Å². The zero-order valence-corrected chi connectivity index (χ0v) is 12.7. The molecule has 1 aliphatic rings. The van der Waals surface area contributed by atoms with Crippen LogP contribution in [0.25, 0.3) is 22.4 Å². The number of nitrogens with zero attached hydrogens (tertiary/aromatic N) is 1. The third-order valence-corrected chi connectivity index (χ3v) is 4.16. The molecule has 4 rings (SSSR count). The molecule has 0 amide bonds. The van der Waals surface area contributed by atoms with Crippen molar-refractivity contribution in [2.75, 3.05) is 19.7 Å². The van der Waals surface area contributed by atoms with Crippen LogP contribution in [-0.2, 0) is 4.74 Å². The summed E-state index contributed by atoms with van der Waals surface area (Å²) in [6, 6.07) is 14.0. The van der Waals surface area contributed by atoms with Gasteiger partial charge in [-0.05, 0) is 23.8 Å². The fourth-order valence-electron chi connectivity index (χ4n) is 2.75. The van der Waals surface area contributed by atoms with Crippen LogP contribution in [0.5, 0.6) is 0 Å². The van der Waals surface area contributed by atoms with Crippen LogP contribution in [0.1, 0.15) is 11.7 Å². The number of halogens is 1. The standard InChI is InChI=1S/C17H16ClN3O/c18-13-5-6-14-15(9-13)21-17(20-14)12-3-1-11(2-4-12)16-10-19-7-8-22-16/h1-6,9,16,19H,7-8,10H2,(H,20,21). The van der Waals surface area contributed by atoms with Crippen molar-refractivity contribution < 1.29 is 4.74 Å². The van der Waals surface area contributed by atoms with Gasteiger partial charge in [-0.2, -0.15) is 0 Å². The Bertz CT molecular complexity index is 791. The number of fused-ring (bicyclic) bond motifs is 1. The predicted molar refractivity (Wildman–Crippen MR) is 88.1 cm³/mol. The van der Waals surface area contributed by atoms with Crippen molar-refractivity contribution in [2.24, 2.45) is 0 Å². The molecule has 5 heteroatoms. The zero-order valence-electron chi connectivity index (χ0n) is 12.0. The molecule has 0 spiro atoms. The van der Waals surface area contributed by atoms with E-state index in [9.17, 15) is 0 Å². The quantitative estimate of drug-likeness (QED) is 0.761. The Morgan fingerprint density at radius 2 is 2.00 bits per heavy atom. The summed E-state index contributed by atoms with van der Waals surface area (Å²) in [5, 5.41) is 4.05. The topological polar surface area (TPSA) is 49.9 Å². The van der Waals surface area contributed by atoms with Gasteiger partial charge in [0.2, 0.25) is 0 Å². The van der Waals surface area contributed by atoms with Crippen molar-refractivity contribution in [3.05, 3.63) is 53.1 Å². The largest absolute Gasteiger partial charge is 0.371 e. The zero-order chi connectivity index (χ0) is 14.9. The minimum absolute atomic E-state index is 0.136. The summed E-state index contributed by atoms with van der Waals surface area (Å²) in [7, 11) is 0. The molecule has 0 bridgehead atoms. The summed E-state index contributed by atoms with van der Waals surface area (Å²) < 4.78 is 5.77. The second kappa shape index (κ2) is 5.72. The third kappa shape index (κ3) is 2.61. The van der Waals surface area contributed by atoms with Crippen molar-refractivity contribution in [3.8, 4) is 11.4 Å². The third-order valence-electron chi connectivity index (χ3n) is 3.93. The highest BCUT2D eigenvalue weighted by atomic mass is 35.5. The van der Waals surface area contributed by atoms with Gasteiger partial charge in [-0.1, -0.05) is 35.9 Å². The van der Waals surface area contributed by atoms with E-state index in [4.69, 9.17) is 16.3 Å². The molecule has 4 nitrogen and oxygen atoms in total. The van der Waals surface area contributed by atoms with E-state index in [0.717, 1.165) is 42.1 Å². The number of H-pyrrole nitrogens is 1.